The molecule has 1 saturated heterocycles. The molecular weight excluding hydrogens is 471 g/mol. The second kappa shape index (κ2) is 10.4. The first-order chi connectivity index (χ1) is 17.1. The van der Waals surface area contributed by atoms with Crippen LogP contribution >= 0.6 is 11.6 Å². The van der Waals surface area contributed by atoms with Gasteiger partial charge in [-0.25, -0.2) is 9.38 Å². The number of para-hydroxylation sites is 1. The van der Waals surface area contributed by atoms with Gasteiger partial charge in [-0.1, -0.05) is 29.8 Å². The molecule has 0 aliphatic carbocycles. The van der Waals surface area contributed by atoms with Crippen LogP contribution in [0.15, 0.2) is 81.6 Å². The second-order valence-corrected chi connectivity index (χ2v) is 9.29. The highest BCUT2D eigenvalue weighted by Crippen LogP contribution is 2.27. The van der Waals surface area contributed by atoms with E-state index in [1.807, 2.05) is 47.5 Å². The number of ether oxygens (including phenoxy) is 1. The van der Waals surface area contributed by atoms with E-state index in [0.717, 1.165) is 24.0 Å². The largest absolute Gasteiger partial charge is 0.484 e. The maximum Gasteiger partial charge on any atom is 0.260 e. The lowest BCUT2D eigenvalue weighted by atomic mass is 9.98. The number of dihydropyridines is 1. The van der Waals surface area contributed by atoms with Gasteiger partial charge >= 0.3 is 0 Å². The number of hydrogen-bond acceptors (Lipinski definition) is 7. The van der Waals surface area contributed by atoms with Crippen molar-refractivity contribution in [2.45, 2.75) is 19.0 Å². The first-order valence-electron chi connectivity index (χ1n) is 11.8. The summed E-state index contributed by atoms with van der Waals surface area (Å²) in [5, 5.41) is 13.2. The fraction of sp³-hybridized carbons (Fsp3) is 0.360. The third-order valence-electron chi connectivity index (χ3n) is 6.38. The molecule has 1 fully saturated rings. The molecule has 0 saturated carbocycles. The van der Waals surface area contributed by atoms with Gasteiger partial charge in [-0.3, -0.25) is 4.79 Å². The van der Waals surface area contributed by atoms with E-state index in [2.05, 4.69) is 26.3 Å². The van der Waals surface area contributed by atoms with Gasteiger partial charge in [-0.05, 0) is 37.0 Å². The Labute approximate surface area is 208 Å². The van der Waals surface area contributed by atoms with E-state index in [9.17, 15) is 9.18 Å². The number of rotatable bonds is 7. The minimum Gasteiger partial charge on any atom is -0.484 e. The fourth-order valence-electron chi connectivity index (χ4n) is 4.55. The summed E-state index contributed by atoms with van der Waals surface area (Å²) in [7, 11) is 0. The van der Waals surface area contributed by atoms with Crippen LogP contribution in [0, 0.1) is 5.92 Å². The number of halogens is 2. The average molecular weight is 499 g/mol. The van der Waals surface area contributed by atoms with Crippen molar-refractivity contribution in [3.05, 3.63) is 76.6 Å². The monoisotopic (exact) mass is 498 g/mol. The number of nitrogens with one attached hydrogen (secondary N) is 4. The molecule has 35 heavy (non-hydrogen) atoms. The Balaban J connectivity index is 1.17. The number of amides is 1. The number of carbonyl (C=O) groups excluding carboxylic acids is 1. The summed E-state index contributed by atoms with van der Waals surface area (Å²) in [6, 6.07) is 9.31. The van der Waals surface area contributed by atoms with Crippen LogP contribution in [0.4, 0.5) is 4.39 Å². The van der Waals surface area contributed by atoms with Crippen LogP contribution in [0.25, 0.3) is 0 Å². The molecule has 5 rings (SSSR count). The fourth-order valence-corrected chi connectivity index (χ4v) is 4.73. The maximum atomic E-state index is 14.6. The molecule has 1 amide bonds. The molecule has 0 spiro atoms. The van der Waals surface area contributed by atoms with Gasteiger partial charge in [0.15, 0.2) is 18.3 Å². The van der Waals surface area contributed by atoms with Crippen LogP contribution in [-0.2, 0) is 4.79 Å². The SMILES string of the molecule is O=C(COc1ccccc1)N1CCCC(CNC2=C(F)CNC(C3=CN[C@@H]4NC=C(Cl)C=C34)=N2)C1. The van der Waals surface area contributed by atoms with Crippen LogP contribution in [0.3, 0.4) is 0 Å². The van der Waals surface area contributed by atoms with Gasteiger partial charge in [0.05, 0.1) is 11.6 Å². The zero-order valence-electron chi connectivity index (χ0n) is 19.2. The average Bonchev–Trinajstić information content (AvgIpc) is 3.30. The second-order valence-electron chi connectivity index (χ2n) is 8.85. The number of benzene rings is 1. The summed E-state index contributed by atoms with van der Waals surface area (Å²) in [5.41, 5.74) is 1.79. The number of piperidine rings is 1. The Hall–Kier alpha value is -3.46. The van der Waals surface area contributed by atoms with Crippen molar-refractivity contribution in [3.8, 4) is 5.75 Å². The lowest BCUT2D eigenvalue weighted by Crippen LogP contribution is -2.45. The molecule has 0 radical (unpaired) electrons. The predicted molar refractivity (Wildman–Crippen MR) is 133 cm³/mol. The summed E-state index contributed by atoms with van der Waals surface area (Å²) in [6.07, 6.45) is 7.23. The third kappa shape index (κ3) is 5.45. The minimum absolute atomic E-state index is 0.0112. The van der Waals surface area contributed by atoms with Gasteiger partial charge < -0.3 is 30.9 Å². The highest BCUT2D eigenvalue weighted by molar-refractivity contribution is 6.31. The first kappa shape index (κ1) is 23.3. The number of aliphatic imine (C=N–C) groups is 1. The van der Waals surface area contributed by atoms with Crippen LogP contribution in [0.5, 0.6) is 5.75 Å². The Morgan fingerprint density at radius 3 is 2.94 bits per heavy atom. The Morgan fingerprint density at radius 1 is 1.26 bits per heavy atom. The molecule has 0 bridgehead atoms. The molecule has 1 aromatic carbocycles. The summed E-state index contributed by atoms with van der Waals surface area (Å²) in [5.74, 6) is 1.31. The summed E-state index contributed by atoms with van der Waals surface area (Å²) in [4.78, 5) is 19.0. The van der Waals surface area contributed by atoms with E-state index in [1.165, 1.54) is 0 Å². The summed E-state index contributed by atoms with van der Waals surface area (Å²) in [6.45, 7) is 1.91. The standard InChI is InChI=1S/C25H28ClFN6O2/c26-17-9-19-20(12-30-23(19)29-11-17)24-31-13-21(27)25(32-24)28-10-16-5-4-8-33(14-16)22(34)15-35-18-6-2-1-3-7-18/h1-3,6-7,9,11-12,16,23,28-30H,4-5,8,10,13-15H2,(H,31,32)/t16?,23-/m0/s1. The zero-order valence-corrected chi connectivity index (χ0v) is 19.9. The number of amidine groups is 1. The van der Waals surface area contributed by atoms with Crippen molar-refractivity contribution in [3.63, 3.8) is 0 Å². The van der Waals surface area contributed by atoms with E-state index in [4.69, 9.17) is 16.3 Å². The molecule has 2 atom stereocenters. The summed E-state index contributed by atoms with van der Waals surface area (Å²) < 4.78 is 20.2. The lowest BCUT2D eigenvalue weighted by Gasteiger charge is -2.33. The van der Waals surface area contributed by atoms with Crippen molar-refractivity contribution in [1.82, 2.24) is 26.2 Å². The molecule has 8 nitrogen and oxygen atoms in total. The minimum atomic E-state index is -0.342. The van der Waals surface area contributed by atoms with Crippen molar-refractivity contribution in [2.24, 2.45) is 10.9 Å². The first-order valence-corrected chi connectivity index (χ1v) is 12.2. The van der Waals surface area contributed by atoms with E-state index >= 15 is 0 Å². The van der Waals surface area contributed by atoms with Crippen LogP contribution < -0.4 is 26.0 Å². The molecule has 4 heterocycles. The molecule has 1 unspecified atom stereocenters. The van der Waals surface area contributed by atoms with Crippen LogP contribution in [0.1, 0.15) is 12.8 Å². The quantitative estimate of drug-likeness (QED) is 0.462. The molecule has 10 heteroatoms. The highest BCUT2D eigenvalue weighted by atomic mass is 35.5. The number of carbonyl (C=O) groups is 1. The molecule has 4 N–H and O–H groups in total. The van der Waals surface area contributed by atoms with Crippen molar-refractivity contribution in [2.75, 3.05) is 32.8 Å². The van der Waals surface area contributed by atoms with Crippen molar-refractivity contribution in [1.29, 1.82) is 0 Å². The topological polar surface area (TPSA) is 90.0 Å². The molecule has 184 valence electrons. The molecule has 0 aromatic heterocycles. The van der Waals surface area contributed by atoms with E-state index in [-0.39, 0.29) is 42.8 Å². The van der Waals surface area contributed by atoms with Crippen LogP contribution in [-0.4, -0.2) is 55.6 Å². The number of allylic oxidation sites excluding steroid dienone is 2. The van der Waals surface area contributed by atoms with Crippen molar-refractivity contribution < 1.29 is 13.9 Å². The van der Waals surface area contributed by atoms with Crippen LogP contribution in [0.2, 0.25) is 0 Å². The molecule has 1 aromatic rings. The maximum absolute atomic E-state index is 14.6. The molecule has 4 aliphatic rings. The molecule has 4 aliphatic heterocycles. The number of likely N-dealkylation sites (tertiary alicyclic amines) is 1. The highest BCUT2D eigenvalue weighted by Gasteiger charge is 2.30. The Kier molecular flexibility index (Phi) is 6.94. The van der Waals surface area contributed by atoms with Gasteiger partial charge in [-0.15, -0.1) is 0 Å². The van der Waals surface area contributed by atoms with E-state index in [1.54, 1.807) is 6.20 Å². The van der Waals surface area contributed by atoms with Gasteiger partial charge in [0.25, 0.3) is 5.91 Å². The zero-order chi connectivity index (χ0) is 24.2. The van der Waals surface area contributed by atoms with Gasteiger partial charge in [0, 0.05) is 43.2 Å². The predicted octanol–water partition coefficient (Wildman–Crippen LogP) is 2.46. The molecular formula is C25H28ClFN6O2. The van der Waals surface area contributed by atoms with Gasteiger partial charge in [0.1, 0.15) is 17.8 Å². The van der Waals surface area contributed by atoms with Gasteiger partial charge in [0.2, 0.25) is 0 Å². The number of hydrogen-bond donors (Lipinski definition) is 4. The van der Waals surface area contributed by atoms with Gasteiger partial charge in [-0.2, -0.15) is 0 Å². The Morgan fingerprint density at radius 2 is 2.09 bits per heavy atom. The summed E-state index contributed by atoms with van der Waals surface area (Å²) >= 11 is 6.15. The van der Waals surface area contributed by atoms with E-state index < -0.39 is 0 Å². The smallest absolute Gasteiger partial charge is 0.260 e. The number of fused-ring (bicyclic) bond motifs is 1. The van der Waals surface area contributed by atoms with E-state index in [0.29, 0.717) is 36.3 Å². The lowest BCUT2D eigenvalue weighted by molar-refractivity contribution is -0.135. The Bertz CT molecular complexity index is 1130. The van der Waals surface area contributed by atoms with Crippen molar-refractivity contribution >= 4 is 23.3 Å². The third-order valence-corrected chi connectivity index (χ3v) is 6.60. The normalized spacial score (nSPS) is 23.5. The number of nitrogens with zero attached hydrogens (tertiary/aromatic N) is 2.